The van der Waals surface area contributed by atoms with Crippen molar-refractivity contribution in [2.45, 2.75) is 13.1 Å². The molecule has 0 N–H and O–H groups in total. The first-order valence-corrected chi connectivity index (χ1v) is 7.55. The van der Waals surface area contributed by atoms with E-state index in [2.05, 4.69) is 81.8 Å². The molecule has 0 fully saturated rings. The summed E-state index contributed by atoms with van der Waals surface area (Å²) in [4.78, 5) is 4.42. The topological polar surface area (TPSA) is 16.3 Å². The second-order valence-corrected chi connectivity index (χ2v) is 6.75. The molecule has 0 bridgehead atoms. The van der Waals surface area contributed by atoms with Gasteiger partial charge in [-0.15, -0.1) is 0 Å². The highest BCUT2D eigenvalue weighted by Crippen LogP contribution is 2.07. The Hall–Kier alpha value is -0.988. The van der Waals surface area contributed by atoms with E-state index in [4.69, 9.17) is 0 Å². The highest BCUT2D eigenvalue weighted by Gasteiger charge is 2.10. The van der Waals surface area contributed by atoms with Gasteiger partial charge in [0.25, 0.3) is 0 Å². The SMILES string of the molecule is CN(C)Cc1ccc[n]1[Al][n]1cccc1CN(C)C. The highest BCUT2D eigenvalue weighted by atomic mass is 27.1. The van der Waals surface area contributed by atoms with Crippen molar-refractivity contribution in [1.82, 2.24) is 16.9 Å². The molecule has 0 spiro atoms. The molecule has 0 saturated carbocycles. The Morgan fingerprint density at radius 3 is 1.63 bits per heavy atom. The van der Waals surface area contributed by atoms with Gasteiger partial charge in [0.1, 0.15) is 0 Å². The zero-order chi connectivity index (χ0) is 13.8. The van der Waals surface area contributed by atoms with Gasteiger partial charge < -0.3 is 16.9 Å². The first kappa shape index (κ1) is 14.4. The molecule has 4 nitrogen and oxygen atoms in total. The van der Waals surface area contributed by atoms with E-state index >= 15 is 0 Å². The number of nitrogens with zero attached hydrogens (tertiary/aromatic N) is 4. The minimum atomic E-state index is 0.0444. The van der Waals surface area contributed by atoms with Gasteiger partial charge in [-0.1, -0.05) is 0 Å². The van der Waals surface area contributed by atoms with E-state index in [0.29, 0.717) is 0 Å². The largest absolute Gasteiger partial charge is 0.562 e. The van der Waals surface area contributed by atoms with E-state index in [9.17, 15) is 0 Å². The number of hydrogen-bond acceptors (Lipinski definition) is 2. The van der Waals surface area contributed by atoms with Crippen LogP contribution < -0.4 is 0 Å². The zero-order valence-electron chi connectivity index (χ0n) is 12.2. The smallest absolute Gasteiger partial charge is 0.430 e. The standard InChI is InChI=1S/2C7H11N2.Al/c2*1-9(2)6-7-4-3-5-8-7;/h2*3-5H,6H2,1-2H3;/q2*-1;+2. The Kier molecular flexibility index (Phi) is 4.89. The quantitative estimate of drug-likeness (QED) is 0.739. The van der Waals surface area contributed by atoms with E-state index in [0.717, 1.165) is 13.1 Å². The maximum absolute atomic E-state index is 2.39. The summed E-state index contributed by atoms with van der Waals surface area (Å²) in [5.74, 6) is 0. The van der Waals surface area contributed by atoms with Crippen LogP contribution in [-0.2, 0) is 13.1 Å². The maximum Gasteiger partial charge on any atom is 0.562 e. The van der Waals surface area contributed by atoms with Crippen LogP contribution in [0.15, 0.2) is 36.7 Å². The van der Waals surface area contributed by atoms with Crippen molar-refractivity contribution >= 4 is 15.7 Å². The van der Waals surface area contributed by atoms with Gasteiger partial charge in [-0.3, -0.25) is 0 Å². The van der Waals surface area contributed by atoms with Crippen molar-refractivity contribution in [3.05, 3.63) is 48.0 Å². The molecule has 5 heteroatoms. The van der Waals surface area contributed by atoms with Gasteiger partial charge in [0, 0.05) is 24.5 Å². The molecule has 101 valence electrons. The fraction of sp³-hybridized carbons (Fsp3) is 0.429. The molecule has 0 unspecified atom stereocenters. The van der Waals surface area contributed by atoms with E-state index in [-0.39, 0.29) is 15.7 Å². The molecule has 2 heterocycles. The van der Waals surface area contributed by atoms with Gasteiger partial charge in [0.2, 0.25) is 0 Å². The lowest BCUT2D eigenvalue weighted by molar-refractivity contribution is 0.393. The van der Waals surface area contributed by atoms with E-state index in [1.54, 1.807) is 0 Å². The molecule has 2 aromatic heterocycles. The van der Waals surface area contributed by atoms with Crippen LogP contribution in [0.5, 0.6) is 0 Å². The molecule has 0 aliphatic heterocycles. The van der Waals surface area contributed by atoms with Crippen LogP contribution in [0.25, 0.3) is 0 Å². The Labute approximate surface area is 122 Å². The summed E-state index contributed by atoms with van der Waals surface area (Å²) < 4.78 is 4.78. The summed E-state index contributed by atoms with van der Waals surface area (Å²) in [6.07, 6.45) is 4.38. The highest BCUT2D eigenvalue weighted by molar-refractivity contribution is 6.32. The molecule has 0 amide bonds. The minimum Gasteiger partial charge on any atom is -0.430 e. The number of aromatic nitrogens is 2. The third-order valence-corrected chi connectivity index (χ3v) is 4.44. The lowest BCUT2D eigenvalue weighted by Gasteiger charge is -2.16. The Balaban J connectivity index is 2.13. The van der Waals surface area contributed by atoms with Crippen LogP contribution in [0.1, 0.15) is 11.4 Å². The fourth-order valence-corrected chi connectivity index (χ4v) is 3.39. The van der Waals surface area contributed by atoms with Crippen LogP contribution in [0.2, 0.25) is 0 Å². The Morgan fingerprint density at radius 1 is 0.842 bits per heavy atom. The molecule has 1 radical (unpaired) electrons. The van der Waals surface area contributed by atoms with Crippen LogP contribution >= 0.6 is 0 Å². The van der Waals surface area contributed by atoms with E-state index < -0.39 is 0 Å². The van der Waals surface area contributed by atoms with Crippen molar-refractivity contribution in [2.75, 3.05) is 28.2 Å². The lowest BCUT2D eigenvalue weighted by atomic mass is 10.4. The molecule has 19 heavy (non-hydrogen) atoms. The first-order valence-electron chi connectivity index (χ1n) is 6.52. The molecular weight excluding hydrogens is 251 g/mol. The van der Waals surface area contributed by atoms with Crippen molar-refractivity contribution in [3.63, 3.8) is 0 Å². The Bertz CT molecular complexity index is 467. The minimum absolute atomic E-state index is 0.0444. The van der Waals surface area contributed by atoms with Gasteiger partial charge in [-0.25, -0.2) is 0 Å². The number of hydrogen-bond donors (Lipinski definition) is 0. The second kappa shape index (κ2) is 6.45. The predicted octanol–water partition coefficient (Wildman–Crippen LogP) is 1.34. The molecule has 0 aliphatic carbocycles. The maximum atomic E-state index is 2.39. The van der Waals surface area contributed by atoms with Crippen LogP contribution in [-0.4, -0.2) is 60.8 Å². The van der Waals surface area contributed by atoms with Crippen LogP contribution in [0, 0.1) is 0 Å². The molecule has 2 rings (SSSR count). The van der Waals surface area contributed by atoms with Crippen molar-refractivity contribution < 1.29 is 0 Å². The molecule has 0 saturated heterocycles. The fourth-order valence-electron chi connectivity index (χ4n) is 2.13. The summed E-state index contributed by atoms with van der Waals surface area (Å²) >= 11 is 0.0444. The van der Waals surface area contributed by atoms with Crippen molar-refractivity contribution in [2.24, 2.45) is 0 Å². The average Bonchev–Trinajstić information content (AvgIpc) is 2.89. The van der Waals surface area contributed by atoms with Crippen molar-refractivity contribution in [1.29, 1.82) is 0 Å². The summed E-state index contributed by atoms with van der Waals surface area (Å²) in [6.45, 7) is 1.98. The predicted molar refractivity (Wildman–Crippen MR) is 80.2 cm³/mol. The zero-order valence-corrected chi connectivity index (χ0v) is 13.4. The second-order valence-electron chi connectivity index (χ2n) is 5.40. The first-order chi connectivity index (χ1) is 9.06. The third-order valence-electron chi connectivity index (χ3n) is 2.94. The lowest BCUT2D eigenvalue weighted by Crippen LogP contribution is -2.24. The molecule has 0 atom stereocenters. The van der Waals surface area contributed by atoms with Gasteiger partial charge in [0.05, 0.1) is 0 Å². The van der Waals surface area contributed by atoms with Gasteiger partial charge in [-0.2, -0.15) is 0 Å². The molecule has 0 aromatic carbocycles. The third kappa shape index (κ3) is 3.99. The monoisotopic (exact) mass is 273 g/mol. The summed E-state index contributed by atoms with van der Waals surface area (Å²) in [5, 5.41) is 0. The van der Waals surface area contributed by atoms with E-state index in [1.165, 1.54) is 11.4 Å². The summed E-state index contributed by atoms with van der Waals surface area (Å²) in [6, 6.07) is 8.70. The average molecular weight is 273 g/mol. The van der Waals surface area contributed by atoms with Gasteiger partial charge in [0.15, 0.2) is 0 Å². The molecule has 2 aromatic rings. The van der Waals surface area contributed by atoms with Crippen molar-refractivity contribution in [3.8, 4) is 0 Å². The van der Waals surface area contributed by atoms with E-state index in [1.807, 2.05) is 0 Å². The number of rotatable bonds is 6. The molecule has 0 aliphatic rings. The van der Waals surface area contributed by atoms with Crippen LogP contribution in [0.4, 0.5) is 0 Å². The summed E-state index contributed by atoms with van der Waals surface area (Å²) in [5.41, 5.74) is 2.76. The normalized spacial score (nSPS) is 11.5. The van der Waals surface area contributed by atoms with Gasteiger partial charge >= 0.3 is 15.7 Å². The van der Waals surface area contributed by atoms with Crippen LogP contribution in [0.3, 0.4) is 0 Å². The molecular formula is C14H22AlN4. The Morgan fingerprint density at radius 2 is 1.26 bits per heavy atom. The van der Waals surface area contributed by atoms with Gasteiger partial charge in [-0.05, 0) is 64.8 Å². The summed E-state index contributed by atoms with van der Waals surface area (Å²) in [7, 11) is 8.44.